The third-order valence-corrected chi connectivity index (χ3v) is 3.79. The molecule has 1 N–H and O–H groups in total. The molecular weight excluding hydrogens is 322 g/mol. The van der Waals surface area contributed by atoms with E-state index in [2.05, 4.69) is 15.1 Å². The Morgan fingerprint density at radius 1 is 1.16 bits per heavy atom. The maximum Gasteiger partial charge on any atom is 0.325 e. The molecule has 0 saturated heterocycles. The minimum atomic E-state index is -0.999. The van der Waals surface area contributed by atoms with Crippen LogP contribution in [0, 0.1) is 6.92 Å². The average molecular weight is 339 g/mol. The van der Waals surface area contributed by atoms with Crippen molar-refractivity contribution in [2.45, 2.75) is 13.5 Å². The van der Waals surface area contributed by atoms with Crippen molar-refractivity contribution >= 4 is 22.8 Å². The van der Waals surface area contributed by atoms with Gasteiger partial charge in [0, 0.05) is 43.0 Å². The van der Waals surface area contributed by atoms with Crippen LogP contribution in [-0.2, 0) is 11.3 Å². The summed E-state index contributed by atoms with van der Waals surface area (Å²) in [6, 6.07) is 3.48. The molecular formula is C17H17N5O3. The molecule has 0 radical (unpaired) electrons. The summed E-state index contributed by atoms with van der Waals surface area (Å²) in [6.45, 7) is 1.51. The average Bonchev–Trinajstić information content (AvgIpc) is 2.95. The number of carbonyl (C=O) groups is 2. The second-order valence-electron chi connectivity index (χ2n) is 5.87. The number of benzene rings is 1. The highest BCUT2D eigenvalue weighted by molar-refractivity contribution is 6.04. The summed E-state index contributed by atoms with van der Waals surface area (Å²) in [5, 5.41) is 13.9. The van der Waals surface area contributed by atoms with E-state index in [-0.39, 0.29) is 12.5 Å². The first kappa shape index (κ1) is 16.6. The summed E-state index contributed by atoms with van der Waals surface area (Å²) in [7, 11) is 3.33. The first-order valence-corrected chi connectivity index (χ1v) is 7.59. The molecule has 0 aliphatic carbocycles. The van der Waals surface area contributed by atoms with Gasteiger partial charge in [-0.15, -0.1) is 0 Å². The van der Waals surface area contributed by atoms with Crippen LogP contribution in [0.2, 0.25) is 0 Å². The van der Waals surface area contributed by atoms with E-state index in [1.54, 1.807) is 45.7 Å². The number of rotatable bonds is 4. The van der Waals surface area contributed by atoms with Gasteiger partial charge in [-0.1, -0.05) is 0 Å². The van der Waals surface area contributed by atoms with Gasteiger partial charge in [-0.3, -0.25) is 14.3 Å². The Morgan fingerprint density at radius 3 is 2.44 bits per heavy atom. The summed E-state index contributed by atoms with van der Waals surface area (Å²) < 4.78 is 1.36. The molecule has 0 saturated carbocycles. The molecule has 2 heterocycles. The predicted octanol–water partition coefficient (Wildman–Crippen LogP) is 1.59. The van der Waals surface area contributed by atoms with Crippen molar-refractivity contribution in [2.24, 2.45) is 0 Å². The fourth-order valence-electron chi connectivity index (χ4n) is 2.57. The second kappa shape index (κ2) is 6.31. The third kappa shape index (κ3) is 3.18. The Kier molecular flexibility index (Phi) is 4.18. The van der Waals surface area contributed by atoms with Gasteiger partial charge < -0.3 is 10.0 Å². The molecule has 0 unspecified atom stereocenters. The molecule has 8 nitrogen and oxygen atoms in total. The minimum absolute atomic E-state index is 0.194. The number of fused-ring (bicyclic) bond motifs is 1. The lowest BCUT2D eigenvalue weighted by Crippen LogP contribution is -2.22. The number of amides is 1. The van der Waals surface area contributed by atoms with E-state index in [0.717, 1.165) is 5.39 Å². The topological polar surface area (TPSA) is 101 Å². The fourth-order valence-corrected chi connectivity index (χ4v) is 2.57. The minimum Gasteiger partial charge on any atom is -0.480 e. The molecule has 0 bridgehead atoms. The molecule has 8 heteroatoms. The van der Waals surface area contributed by atoms with Crippen molar-refractivity contribution in [1.29, 1.82) is 0 Å². The maximum absolute atomic E-state index is 12.6. The number of nitrogens with zero attached hydrogens (tertiary/aromatic N) is 5. The number of carboxylic acids is 1. The Hall–Kier alpha value is -3.29. The van der Waals surface area contributed by atoms with Gasteiger partial charge in [0.15, 0.2) is 0 Å². The highest BCUT2D eigenvalue weighted by Crippen LogP contribution is 2.29. The van der Waals surface area contributed by atoms with E-state index in [1.807, 2.05) is 6.07 Å². The van der Waals surface area contributed by atoms with Gasteiger partial charge in [0.05, 0.1) is 11.7 Å². The van der Waals surface area contributed by atoms with Crippen molar-refractivity contribution in [3.8, 4) is 11.1 Å². The number of aliphatic carboxylic acids is 1. The van der Waals surface area contributed by atoms with Crippen molar-refractivity contribution in [3.63, 3.8) is 0 Å². The Morgan fingerprint density at radius 2 is 1.84 bits per heavy atom. The summed E-state index contributed by atoms with van der Waals surface area (Å²) in [5.41, 5.74) is 2.42. The lowest BCUT2D eigenvalue weighted by Gasteiger charge is -2.15. The molecule has 0 aliphatic rings. The van der Waals surface area contributed by atoms with Gasteiger partial charge in [-0.05, 0) is 24.6 Å². The summed E-state index contributed by atoms with van der Waals surface area (Å²) >= 11 is 0. The molecule has 3 aromatic rings. The quantitative estimate of drug-likeness (QED) is 0.774. The summed E-state index contributed by atoms with van der Waals surface area (Å²) in [6.07, 6.45) is 4.91. The second-order valence-corrected chi connectivity index (χ2v) is 5.87. The molecule has 1 aromatic carbocycles. The molecule has 0 atom stereocenters. The smallest absolute Gasteiger partial charge is 0.325 e. The lowest BCUT2D eigenvalue weighted by atomic mass is 9.99. The molecule has 0 aliphatic heterocycles. The molecule has 0 fully saturated rings. The van der Waals surface area contributed by atoms with Crippen LogP contribution in [0.5, 0.6) is 0 Å². The summed E-state index contributed by atoms with van der Waals surface area (Å²) in [5.74, 6) is -0.554. The molecule has 3 rings (SSSR count). The van der Waals surface area contributed by atoms with E-state index < -0.39 is 5.97 Å². The highest BCUT2D eigenvalue weighted by atomic mass is 16.4. The maximum atomic E-state index is 12.6. The number of carboxylic acid groups (broad SMARTS) is 1. The number of carbonyl (C=O) groups excluding carboxylic acids is 1. The number of hydrogen-bond acceptors (Lipinski definition) is 5. The predicted molar refractivity (Wildman–Crippen MR) is 91.1 cm³/mol. The summed E-state index contributed by atoms with van der Waals surface area (Å²) in [4.78, 5) is 33.5. The van der Waals surface area contributed by atoms with Crippen molar-refractivity contribution in [2.75, 3.05) is 14.1 Å². The fraction of sp³-hybridized carbons (Fsp3) is 0.235. The van der Waals surface area contributed by atoms with Gasteiger partial charge >= 0.3 is 5.97 Å². The van der Waals surface area contributed by atoms with E-state index in [9.17, 15) is 9.59 Å². The van der Waals surface area contributed by atoms with E-state index in [4.69, 9.17) is 5.11 Å². The largest absolute Gasteiger partial charge is 0.480 e. The van der Waals surface area contributed by atoms with Crippen LogP contribution in [0.15, 0.2) is 30.7 Å². The SMILES string of the molecule is Cc1ncc(-c2cc3cnn(CC(=O)O)c3cc2C(=O)N(C)C)cn1. The lowest BCUT2D eigenvalue weighted by molar-refractivity contribution is -0.137. The zero-order valence-corrected chi connectivity index (χ0v) is 14.1. The number of aromatic nitrogens is 4. The van der Waals surface area contributed by atoms with Crippen LogP contribution >= 0.6 is 0 Å². The third-order valence-electron chi connectivity index (χ3n) is 3.79. The van der Waals surface area contributed by atoms with E-state index in [1.165, 1.54) is 9.58 Å². The Labute approximate surface area is 143 Å². The molecule has 1 amide bonds. The van der Waals surface area contributed by atoms with Crippen molar-refractivity contribution in [3.05, 3.63) is 42.1 Å². The van der Waals surface area contributed by atoms with Crippen molar-refractivity contribution in [1.82, 2.24) is 24.6 Å². The van der Waals surface area contributed by atoms with Gasteiger partial charge in [-0.25, -0.2) is 9.97 Å². The highest BCUT2D eigenvalue weighted by Gasteiger charge is 2.19. The number of aryl methyl sites for hydroxylation is 1. The van der Waals surface area contributed by atoms with Crippen LogP contribution in [0.3, 0.4) is 0 Å². The van der Waals surface area contributed by atoms with E-state index in [0.29, 0.717) is 28.0 Å². The molecule has 25 heavy (non-hydrogen) atoms. The zero-order chi connectivity index (χ0) is 18.1. The first-order chi connectivity index (χ1) is 11.9. The molecule has 0 spiro atoms. The van der Waals surface area contributed by atoms with Crippen molar-refractivity contribution < 1.29 is 14.7 Å². The Balaban J connectivity index is 2.24. The number of hydrogen-bond donors (Lipinski definition) is 1. The normalized spacial score (nSPS) is 10.8. The zero-order valence-electron chi connectivity index (χ0n) is 14.1. The van der Waals surface area contributed by atoms with Gasteiger partial charge in [-0.2, -0.15) is 5.10 Å². The van der Waals surface area contributed by atoms with Gasteiger partial charge in [0.25, 0.3) is 5.91 Å². The van der Waals surface area contributed by atoms with Crippen LogP contribution in [0.25, 0.3) is 22.0 Å². The van der Waals surface area contributed by atoms with E-state index >= 15 is 0 Å². The Bertz CT molecular complexity index is 960. The van der Waals surface area contributed by atoms with Crippen LogP contribution in [0.4, 0.5) is 0 Å². The first-order valence-electron chi connectivity index (χ1n) is 7.59. The van der Waals surface area contributed by atoms with Gasteiger partial charge in [0.2, 0.25) is 0 Å². The molecule has 2 aromatic heterocycles. The monoisotopic (exact) mass is 339 g/mol. The van der Waals surface area contributed by atoms with Crippen LogP contribution in [-0.4, -0.2) is 55.7 Å². The standard InChI is InChI=1S/C17H17N5O3/c1-10-18-6-12(7-19-10)13-4-11-8-20-22(9-16(23)24)15(11)5-14(13)17(25)21(2)3/h4-8H,9H2,1-3H3,(H,23,24). The van der Waals surface area contributed by atoms with Crippen LogP contribution in [0.1, 0.15) is 16.2 Å². The van der Waals surface area contributed by atoms with Gasteiger partial charge in [0.1, 0.15) is 12.4 Å². The molecule has 128 valence electrons. The van der Waals surface area contributed by atoms with Crippen LogP contribution < -0.4 is 0 Å².